The zero-order valence-corrected chi connectivity index (χ0v) is 23.1. The molecule has 2 heterocycles. The molecule has 1 aromatic heterocycles. The molecule has 15 heteroatoms. The predicted octanol–water partition coefficient (Wildman–Crippen LogP) is 3.77. The summed E-state index contributed by atoms with van der Waals surface area (Å²) in [5, 5.41) is 17.3. The highest BCUT2D eigenvalue weighted by atomic mass is 32.2. The topological polar surface area (TPSA) is 153 Å². The molecular weight excluding hydrogens is 585 g/mol. The van der Waals surface area contributed by atoms with Crippen LogP contribution in [0.1, 0.15) is 26.4 Å². The molecule has 2 N–H and O–H groups in total. The Hall–Kier alpha value is -4.53. The van der Waals surface area contributed by atoms with Gasteiger partial charge >= 0.3 is 18.1 Å². The number of carboxylic acid groups (broad SMARTS) is 2. The molecule has 1 aliphatic rings. The smallest absolute Gasteiger partial charge is 0.490 e. The fraction of sp³-hybridized carbons (Fsp3) is 0.296. The van der Waals surface area contributed by atoms with Crippen molar-refractivity contribution in [2.24, 2.45) is 0 Å². The van der Waals surface area contributed by atoms with Gasteiger partial charge in [0.2, 0.25) is 5.78 Å². The third-order valence-electron chi connectivity index (χ3n) is 5.90. The van der Waals surface area contributed by atoms with Gasteiger partial charge in [0.15, 0.2) is 18.1 Å². The van der Waals surface area contributed by atoms with E-state index in [0.29, 0.717) is 41.1 Å². The van der Waals surface area contributed by atoms with Crippen molar-refractivity contribution in [3.8, 4) is 17.2 Å². The first-order valence-electron chi connectivity index (χ1n) is 12.1. The van der Waals surface area contributed by atoms with Crippen molar-refractivity contribution in [3.63, 3.8) is 0 Å². The van der Waals surface area contributed by atoms with Crippen molar-refractivity contribution < 1.29 is 56.8 Å². The van der Waals surface area contributed by atoms with Crippen molar-refractivity contribution in [1.82, 2.24) is 9.88 Å². The van der Waals surface area contributed by atoms with Crippen LogP contribution in [0.2, 0.25) is 0 Å². The van der Waals surface area contributed by atoms with Gasteiger partial charge in [-0.25, -0.2) is 9.59 Å². The second kappa shape index (κ2) is 13.9. The molecule has 4 rings (SSSR count). The summed E-state index contributed by atoms with van der Waals surface area (Å²) >= 11 is 1.82. The van der Waals surface area contributed by atoms with E-state index in [1.54, 1.807) is 29.2 Å². The van der Waals surface area contributed by atoms with E-state index in [2.05, 4.69) is 4.98 Å². The molecule has 0 radical (unpaired) electrons. The lowest BCUT2D eigenvalue weighted by Gasteiger charge is -2.26. The number of ether oxygens (including phenoxy) is 3. The van der Waals surface area contributed by atoms with E-state index in [0.717, 1.165) is 17.7 Å². The second-order valence-corrected chi connectivity index (χ2v) is 9.74. The quantitative estimate of drug-likeness (QED) is 0.359. The van der Waals surface area contributed by atoms with Gasteiger partial charge in [0.1, 0.15) is 11.4 Å². The largest absolute Gasteiger partial charge is 0.493 e. The van der Waals surface area contributed by atoms with Crippen LogP contribution in [0, 0.1) is 0 Å². The van der Waals surface area contributed by atoms with E-state index in [1.807, 2.05) is 11.8 Å². The summed E-state index contributed by atoms with van der Waals surface area (Å²) in [6.07, 6.45) is -3.93. The van der Waals surface area contributed by atoms with E-state index in [-0.39, 0.29) is 29.3 Å². The summed E-state index contributed by atoms with van der Waals surface area (Å²) in [6.45, 7) is 1.28. The molecule has 3 aromatic rings. The van der Waals surface area contributed by atoms with Gasteiger partial charge in [0.25, 0.3) is 5.91 Å². The summed E-state index contributed by atoms with van der Waals surface area (Å²) in [6, 6.07) is 9.53. The Balaban J connectivity index is 0.000000616. The van der Waals surface area contributed by atoms with Crippen LogP contribution in [-0.4, -0.2) is 95.3 Å². The maximum absolute atomic E-state index is 13.4. The molecule has 1 fully saturated rings. The number of carbonyl (C=O) groups is 4. The maximum Gasteiger partial charge on any atom is 0.490 e. The van der Waals surface area contributed by atoms with Gasteiger partial charge in [-0.1, -0.05) is 12.1 Å². The number of carboxylic acids is 2. The first kappa shape index (κ1) is 32.0. The highest BCUT2D eigenvalue weighted by Gasteiger charge is 2.38. The van der Waals surface area contributed by atoms with Crippen molar-refractivity contribution >= 4 is 46.2 Å². The number of halogens is 3. The number of ketones is 1. The molecule has 1 amide bonds. The number of hydrogen-bond acceptors (Lipinski definition) is 9. The number of nitrogens with zero attached hydrogens (tertiary/aromatic N) is 2. The molecule has 0 atom stereocenters. The fourth-order valence-electron chi connectivity index (χ4n) is 3.83. The maximum atomic E-state index is 13.4. The Bertz CT molecular complexity index is 1490. The number of rotatable bonds is 8. The molecule has 224 valence electrons. The van der Waals surface area contributed by atoms with Crippen LogP contribution in [0.25, 0.3) is 10.8 Å². The zero-order chi connectivity index (χ0) is 31.0. The Morgan fingerprint density at radius 3 is 2.12 bits per heavy atom. The number of aromatic carboxylic acids is 1. The Kier molecular flexibility index (Phi) is 10.6. The number of benzene rings is 2. The Labute approximate surface area is 241 Å². The first-order valence-corrected chi connectivity index (χ1v) is 13.2. The number of pyridine rings is 1. The van der Waals surface area contributed by atoms with Crippen LogP contribution in [0.5, 0.6) is 17.2 Å². The standard InChI is InChI=1S/C25H24N2O7S.C2HF3O2/c1-32-20-11-17-18(12-21(20)33-2)23(26-13-19(17)25(30)31)24(29)15-4-3-5-16(10-15)34-14-22(28)27-6-8-35-9-7-27;3-2(4,5)1(6)7/h3-5,10-13H,6-9,14H2,1-2H3,(H,30,31);(H,6,7). The number of amides is 1. The number of aromatic nitrogens is 1. The number of aliphatic carboxylic acids is 1. The third kappa shape index (κ3) is 7.81. The number of carbonyl (C=O) groups excluding carboxylic acids is 2. The minimum Gasteiger partial charge on any atom is -0.493 e. The first-order chi connectivity index (χ1) is 19.9. The highest BCUT2D eigenvalue weighted by molar-refractivity contribution is 7.99. The lowest BCUT2D eigenvalue weighted by molar-refractivity contribution is -0.192. The second-order valence-electron chi connectivity index (χ2n) is 8.52. The molecule has 0 bridgehead atoms. The number of thioether (sulfide) groups is 1. The summed E-state index contributed by atoms with van der Waals surface area (Å²) in [4.78, 5) is 52.4. The van der Waals surface area contributed by atoms with Crippen LogP contribution < -0.4 is 14.2 Å². The van der Waals surface area contributed by atoms with Crippen LogP contribution in [-0.2, 0) is 9.59 Å². The van der Waals surface area contributed by atoms with Gasteiger partial charge in [-0.2, -0.15) is 24.9 Å². The number of hydrogen-bond donors (Lipinski definition) is 2. The molecule has 0 unspecified atom stereocenters. The molecule has 11 nitrogen and oxygen atoms in total. The molecule has 0 spiro atoms. The van der Waals surface area contributed by atoms with Crippen molar-refractivity contribution in [3.05, 3.63) is 59.4 Å². The Morgan fingerprint density at radius 1 is 0.976 bits per heavy atom. The average molecular weight is 611 g/mol. The zero-order valence-electron chi connectivity index (χ0n) is 22.3. The van der Waals surface area contributed by atoms with Crippen LogP contribution in [0.3, 0.4) is 0 Å². The van der Waals surface area contributed by atoms with Crippen molar-refractivity contribution in [2.45, 2.75) is 6.18 Å². The van der Waals surface area contributed by atoms with E-state index in [4.69, 9.17) is 24.1 Å². The molecule has 0 saturated carbocycles. The summed E-state index contributed by atoms with van der Waals surface area (Å²) in [5.74, 6) is -1.59. The van der Waals surface area contributed by atoms with E-state index in [9.17, 15) is 32.7 Å². The lowest BCUT2D eigenvalue weighted by atomic mass is 9.99. The molecule has 42 heavy (non-hydrogen) atoms. The van der Waals surface area contributed by atoms with Crippen molar-refractivity contribution in [1.29, 1.82) is 0 Å². The van der Waals surface area contributed by atoms with E-state index >= 15 is 0 Å². The highest BCUT2D eigenvalue weighted by Crippen LogP contribution is 2.35. The number of fused-ring (bicyclic) bond motifs is 1. The summed E-state index contributed by atoms with van der Waals surface area (Å²) in [5.41, 5.74) is 0.283. The van der Waals surface area contributed by atoms with Gasteiger partial charge in [-0.15, -0.1) is 0 Å². The average Bonchev–Trinajstić information content (AvgIpc) is 2.98. The molecular formula is C27H25F3N2O9S. The van der Waals surface area contributed by atoms with Crippen molar-refractivity contribution in [2.75, 3.05) is 45.4 Å². The van der Waals surface area contributed by atoms with E-state index in [1.165, 1.54) is 26.4 Å². The van der Waals surface area contributed by atoms with Crippen LogP contribution in [0.4, 0.5) is 13.2 Å². The van der Waals surface area contributed by atoms with Gasteiger partial charge < -0.3 is 29.3 Å². The predicted molar refractivity (Wildman–Crippen MR) is 145 cm³/mol. The lowest BCUT2D eigenvalue weighted by Crippen LogP contribution is -2.40. The number of methoxy groups -OCH3 is 2. The third-order valence-corrected chi connectivity index (χ3v) is 6.84. The normalized spacial score (nSPS) is 13.0. The van der Waals surface area contributed by atoms with Gasteiger partial charge in [0.05, 0.1) is 19.8 Å². The van der Waals surface area contributed by atoms with E-state index < -0.39 is 23.9 Å². The van der Waals surface area contributed by atoms with Gasteiger partial charge in [0, 0.05) is 47.1 Å². The minimum absolute atomic E-state index is 0.0602. The monoisotopic (exact) mass is 610 g/mol. The van der Waals surface area contributed by atoms with Crippen LogP contribution >= 0.6 is 11.8 Å². The van der Waals surface area contributed by atoms with Crippen LogP contribution in [0.15, 0.2) is 42.6 Å². The summed E-state index contributed by atoms with van der Waals surface area (Å²) in [7, 11) is 2.89. The molecule has 1 aliphatic heterocycles. The molecule has 1 saturated heterocycles. The van der Waals surface area contributed by atoms with Gasteiger partial charge in [-0.3, -0.25) is 14.6 Å². The molecule has 2 aromatic carbocycles. The minimum atomic E-state index is -5.08. The van der Waals surface area contributed by atoms with Gasteiger partial charge in [-0.05, 0) is 24.3 Å². The Morgan fingerprint density at radius 2 is 1.57 bits per heavy atom. The fourth-order valence-corrected chi connectivity index (χ4v) is 4.73. The molecule has 0 aliphatic carbocycles. The SMILES string of the molecule is COc1cc2c(C(=O)O)cnc(C(=O)c3cccc(OCC(=O)N4CCSCC4)c3)c2cc1OC.O=C(O)C(F)(F)F. The summed E-state index contributed by atoms with van der Waals surface area (Å²) < 4.78 is 48.0. The number of alkyl halides is 3.